The lowest BCUT2D eigenvalue weighted by Crippen LogP contribution is -2.57. The lowest BCUT2D eigenvalue weighted by atomic mass is 9.78. The molecule has 1 aromatic carbocycles. The second kappa shape index (κ2) is 9.65. The number of halogens is 1. The van der Waals surface area contributed by atoms with Crippen molar-refractivity contribution in [1.82, 2.24) is 4.90 Å². The highest BCUT2D eigenvalue weighted by atomic mass is 35.5. The Balaban J connectivity index is 1.65. The van der Waals surface area contributed by atoms with Gasteiger partial charge in [0.15, 0.2) is 0 Å². The topological polar surface area (TPSA) is 96.4 Å². The Morgan fingerprint density at radius 2 is 2.00 bits per heavy atom. The van der Waals surface area contributed by atoms with E-state index < -0.39 is 47.5 Å². The van der Waals surface area contributed by atoms with Crippen molar-refractivity contribution in [3.8, 4) is 0 Å². The number of carbonyl (C=O) groups excluding carboxylic acids is 3. The van der Waals surface area contributed by atoms with Crippen LogP contribution >= 0.6 is 11.6 Å². The Labute approximate surface area is 215 Å². The van der Waals surface area contributed by atoms with Crippen LogP contribution in [0.2, 0.25) is 5.02 Å². The zero-order valence-corrected chi connectivity index (χ0v) is 21.2. The van der Waals surface area contributed by atoms with Gasteiger partial charge in [-0.25, -0.2) is 0 Å². The van der Waals surface area contributed by atoms with Crippen LogP contribution in [-0.4, -0.2) is 71.3 Å². The number of allylic oxidation sites excluding steroid dienone is 1. The largest absolute Gasteiger partial charge is 0.465 e. The highest BCUT2D eigenvalue weighted by molar-refractivity contribution is 6.34. The normalized spacial score (nSPS) is 33.9. The number of ether oxygens (including phenoxy) is 2. The summed E-state index contributed by atoms with van der Waals surface area (Å²) in [6.45, 7) is 3.71. The fourth-order valence-electron chi connectivity index (χ4n) is 6.08. The van der Waals surface area contributed by atoms with Crippen molar-refractivity contribution in [2.24, 2.45) is 11.8 Å². The number of hydrogen-bond acceptors (Lipinski definition) is 6. The molecular weight excluding hydrogens is 484 g/mol. The first-order chi connectivity index (χ1) is 17.3. The molecule has 6 atom stereocenters. The highest BCUT2D eigenvalue weighted by Crippen LogP contribution is 2.54. The van der Waals surface area contributed by atoms with Gasteiger partial charge in [0.2, 0.25) is 5.91 Å². The number of amides is 2. The fraction of sp³-hybridized carbons (Fsp3) is 0.519. The Morgan fingerprint density at radius 3 is 2.75 bits per heavy atom. The van der Waals surface area contributed by atoms with E-state index in [9.17, 15) is 19.5 Å². The van der Waals surface area contributed by atoms with Gasteiger partial charge in [0.05, 0.1) is 42.0 Å². The van der Waals surface area contributed by atoms with Gasteiger partial charge in [-0.3, -0.25) is 14.4 Å². The number of fused-ring (bicyclic) bond motifs is 2. The molecule has 192 valence electrons. The zero-order chi connectivity index (χ0) is 25.6. The maximum atomic E-state index is 14.3. The maximum absolute atomic E-state index is 14.3. The maximum Gasteiger partial charge on any atom is 0.312 e. The summed E-state index contributed by atoms with van der Waals surface area (Å²) in [5, 5.41) is 10.4. The standard InChI is InChI=1S/C27H31ClN2O6/c1-16-9-7-10-18(28)22(16)29-13-8-12-27-21(24(32)30(17(2)15-31)23(27)25(29)33)20-19(36-27)11-5-3-4-6-14-35-26(20)34/h5,7-12,17,19-21,23,31H,3-4,6,13-15H2,1-2H3/b11-5-/t17-,19-,20+,21+,23?,27+/m1/s1. The molecule has 2 saturated heterocycles. The minimum absolute atomic E-state index is 0.225. The molecule has 0 saturated carbocycles. The molecule has 36 heavy (non-hydrogen) atoms. The van der Waals surface area contributed by atoms with Crippen molar-refractivity contribution in [2.45, 2.75) is 56.9 Å². The minimum Gasteiger partial charge on any atom is -0.465 e. The smallest absolute Gasteiger partial charge is 0.312 e. The lowest BCUT2D eigenvalue weighted by Gasteiger charge is -2.38. The van der Waals surface area contributed by atoms with Crippen LogP contribution in [0.1, 0.15) is 31.7 Å². The number of rotatable bonds is 3. The molecule has 0 radical (unpaired) electrons. The van der Waals surface area contributed by atoms with Crippen molar-refractivity contribution < 1.29 is 29.0 Å². The van der Waals surface area contributed by atoms with E-state index in [1.807, 2.05) is 31.2 Å². The molecule has 8 nitrogen and oxygen atoms in total. The zero-order valence-electron chi connectivity index (χ0n) is 20.4. The molecule has 0 bridgehead atoms. The van der Waals surface area contributed by atoms with Crippen LogP contribution in [0.25, 0.3) is 0 Å². The van der Waals surface area contributed by atoms with Crippen LogP contribution in [0.3, 0.4) is 0 Å². The summed E-state index contributed by atoms with van der Waals surface area (Å²) >= 11 is 6.53. The van der Waals surface area contributed by atoms with Crippen LogP contribution in [0, 0.1) is 18.8 Å². The van der Waals surface area contributed by atoms with E-state index in [1.54, 1.807) is 30.0 Å². The van der Waals surface area contributed by atoms with Crippen LogP contribution in [0.15, 0.2) is 42.5 Å². The first-order valence-electron chi connectivity index (χ1n) is 12.5. The molecule has 0 aromatic heterocycles. The van der Waals surface area contributed by atoms with Crippen molar-refractivity contribution in [3.63, 3.8) is 0 Å². The Bertz CT molecular complexity index is 1120. The minimum atomic E-state index is -1.38. The predicted octanol–water partition coefficient (Wildman–Crippen LogP) is 2.80. The molecule has 2 fully saturated rings. The van der Waals surface area contributed by atoms with Crippen LogP contribution in [0.4, 0.5) is 5.69 Å². The quantitative estimate of drug-likeness (QED) is 0.492. The van der Waals surface area contributed by atoms with Crippen molar-refractivity contribution >= 4 is 35.1 Å². The molecular formula is C27H31ClN2O6. The number of cyclic esters (lactones) is 1. The number of hydrogen-bond donors (Lipinski definition) is 1. The van der Waals surface area contributed by atoms with Crippen molar-refractivity contribution in [1.29, 1.82) is 0 Å². The lowest BCUT2D eigenvalue weighted by molar-refractivity contribution is -0.155. The third kappa shape index (κ3) is 3.78. The summed E-state index contributed by atoms with van der Waals surface area (Å²) in [6.07, 6.45) is 9.09. The molecule has 4 aliphatic rings. The number of benzene rings is 1. The first kappa shape index (κ1) is 25.0. The molecule has 1 unspecified atom stereocenters. The van der Waals surface area contributed by atoms with E-state index in [-0.39, 0.29) is 25.7 Å². The molecule has 4 aliphatic heterocycles. The number of nitrogens with zero attached hydrogens (tertiary/aromatic N) is 2. The van der Waals surface area contributed by atoms with Gasteiger partial charge in [0.1, 0.15) is 17.6 Å². The number of aliphatic hydroxyl groups excluding tert-OH is 1. The third-order valence-corrected chi connectivity index (χ3v) is 8.04. The summed E-state index contributed by atoms with van der Waals surface area (Å²) in [7, 11) is 0. The van der Waals surface area contributed by atoms with Gasteiger partial charge in [-0.1, -0.05) is 48.0 Å². The molecule has 4 heterocycles. The number of anilines is 1. The SMILES string of the molecule is Cc1cccc(Cl)c1N1CC=C[C@]23O[C@@H]4/C=C\CCCCOC(=O)[C@@H]4[C@H]2C(=O)N([C@H](C)CO)C3C1=O. The van der Waals surface area contributed by atoms with Crippen LogP contribution in [-0.2, 0) is 23.9 Å². The van der Waals surface area contributed by atoms with Gasteiger partial charge >= 0.3 is 5.97 Å². The van der Waals surface area contributed by atoms with Crippen molar-refractivity contribution in [3.05, 3.63) is 53.1 Å². The summed E-state index contributed by atoms with van der Waals surface area (Å²) in [6, 6.07) is 3.66. The predicted molar refractivity (Wildman–Crippen MR) is 133 cm³/mol. The number of para-hydroxylation sites is 1. The Morgan fingerprint density at radius 1 is 1.19 bits per heavy atom. The van der Waals surface area contributed by atoms with E-state index in [4.69, 9.17) is 21.1 Å². The average molecular weight is 515 g/mol. The van der Waals surface area contributed by atoms with E-state index in [2.05, 4.69) is 0 Å². The molecule has 1 N–H and O–H groups in total. The van der Waals surface area contributed by atoms with E-state index in [0.717, 1.165) is 24.8 Å². The van der Waals surface area contributed by atoms with Gasteiger partial charge in [-0.2, -0.15) is 0 Å². The molecule has 1 aromatic rings. The van der Waals surface area contributed by atoms with E-state index in [0.29, 0.717) is 10.7 Å². The Kier molecular flexibility index (Phi) is 6.70. The van der Waals surface area contributed by atoms with Gasteiger partial charge in [-0.15, -0.1) is 0 Å². The van der Waals surface area contributed by atoms with E-state index in [1.165, 1.54) is 4.90 Å². The summed E-state index contributed by atoms with van der Waals surface area (Å²) in [4.78, 5) is 44.6. The summed E-state index contributed by atoms with van der Waals surface area (Å²) < 4.78 is 12.1. The van der Waals surface area contributed by atoms with E-state index >= 15 is 0 Å². The van der Waals surface area contributed by atoms with Crippen molar-refractivity contribution in [2.75, 3.05) is 24.7 Å². The second-order valence-electron chi connectivity index (χ2n) is 9.97. The number of likely N-dealkylation sites (tertiary alicyclic amines) is 1. The first-order valence-corrected chi connectivity index (χ1v) is 12.9. The molecule has 5 rings (SSSR count). The molecule has 2 amide bonds. The number of carbonyl (C=O) groups is 3. The van der Waals surface area contributed by atoms with Gasteiger partial charge in [0, 0.05) is 6.54 Å². The number of esters is 1. The van der Waals surface area contributed by atoms with Gasteiger partial charge in [-0.05, 0) is 44.7 Å². The average Bonchev–Trinajstić information content (AvgIpc) is 3.25. The Hall–Kier alpha value is -2.68. The van der Waals surface area contributed by atoms with Gasteiger partial charge < -0.3 is 24.4 Å². The highest BCUT2D eigenvalue weighted by Gasteiger charge is 2.72. The van der Waals surface area contributed by atoms with Crippen LogP contribution in [0.5, 0.6) is 0 Å². The monoisotopic (exact) mass is 514 g/mol. The summed E-state index contributed by atoms with van der Waals surface area (Å²) in [5.41, 5.74) is -0.000618. The number of aliphatic hydroxyl groups is 1. The third-order valence-electron chi connectivity index (χ3n) is 7.74. The van der Waals surface area contributed by atoms with Gasteiger partial charge in [0.25, 0.3) is 5.91 Å². The molecule has 1 spiro atoms. The van der Waals surface area contributed by atoms with Crippen LogP contribution < -0.4 is 4.90 Å². The molecule has 0 aliphatic carbocycles. The second-order valence-corrected chi connectivity index (χ2v) is 10.4. The fourth-order valence-corrected chi connectivity index (χ4v) is 6.41. The summed E-state index contributed by atoms with van der Waals surface area (Å²) in [5.74, 6) is -3.11. The number of aryl methyl sites for hydroxylation is 1. The molecule has 9 heteroatoms.